The second-order valence-corrected chi connectivity index (χ2v) is 5.13. The normalized spacial score (nSPS) is 17.4. The largest absolute Gasteiger partial charge is 0.393 e. The molecule has 1 saturated heterocycles. The highest BCUT2D eigenvalue weighted by molar-refractivity contribution is 6.00. The fourth-order valence-electron chi connectivity index (χ4n) is 2.24. The summed E-state index contributed by atoms with van der Waals surface area (Å²) in [6.07, 6.45) is 1.35. The van der Waals surface area contributed by atoms with E-state index >= 15 is 0 Å². The second kappa shape index (κ2) is 5.46. The number of ether oxygens (including phenoxy) is 1. The van der Waals surface area contributed by atoms with Crippen molar-refractivity contribution in [2.24, 2.45) is 0 Å². The van der Waals surface area contributed by atoms with Crippen molar-refractivity contribution in [3.8, 4) is 0 Å². The van der Waals surface area contributed by atoms with E-state index in [0.717, 1.165) is 0 Å². The van der Waals surface area contributed by atoms with Crippen LogP contribution in [0.2, 0.25) is 0 Å². The summed E-state index contributed by atoms with van der Waals surface area (Å²) in [5.74, 6) is -0.478. The van der Waals surface area contributed by atoms with Crippen molar-refractivity contribution in [1.29, 1.82) is 0 Å². The molecule has 1 aliphatic heterocycles. The number of nitrogens with two attached hydrogens (primary N) is 1. The Kier molecular flexibility index (Phi) is 3.89. The van der Waals surface area contributed by atoms with Crippen molar-refractivity contribution in [1.82, 2.24) is 5.32 Å². The van der Waals surface area contributed by atoms with Crippen LogP contribution in [0.15, 0.2) is 18.2 Å². The van der Waals surface area contributed by atoms with Crippen LogP contribution in [0.1, 0.15) is 30.1 Å². The topological polar surface area (TPSA) is 107 Å². The molecule has 0 unspecified atom stereocenters. The van der Waals surface area contributed by atoms with Gasteiger partial charge in [0.25, 0.3) is 5.91 Å². The summed E-state index contributed by atoms with van der Waals surface area (Å²) in [5.41, 5.74) is 4.80. The number of anilines is 1. The maximum atomic E-state index is 12.3. The summed E-state index contributed by atoms with van der Waals surface area (Å²) in [6, 6.07) is 4.35. The predicted molar refractivity (Wildman–Crippen MR) is 73.4 cm³/mol. The van der Waals surface area contributed by atoms with E-state index in [0.29, 0.717) is 26.1 Å². The van der Waals surface area contributed by atoms with Crippen LogP contribution < -0.4 is 11.1 Å². The lowest BCUT2D eigenvalue weighted by Gasteiger charge is -2.34. The average molecular weight is 279 g/mol. The smallest absolute Gasteiger partial charge is 0.304 e. The Morgan fingerprint density at radius 1 is 1.45 bits per heavy atom. The summed E-state index contributed by atoms with van der Waals surface area (Å²) in [4.78, 5) is 22.7. The van der Waals surface area contributed by atoms with E-state index < -0.39 is 16.4 Å². The van der Waals surface area contributed by atoms with Crippen LogP contribution in [0.5, 0.6) is 0 Å². The van der Waals surface area contributed by atoms with Gasteiger partial charge in [-0.3, -0.25) is 14.9 Å². The molecule has 0 bridgehead atoms. The average Bonchev–Trinajstić information content (AvgIpc) is 2.38. The number of para-hydroxylation sites is 1. The zero-order valence-corrected chi connectivity index (χ0v) is 11.2. The summed E-state index contributed by atoms with van der Waals surface area (Å²) >= 11 is 0. The molecule has 0 aliphatic carbocycles. The zero-order valence-electron chi connectivity index (χ0n) is 11.2. The molecule has 1 amide bonds. The van der Waals surface area contributed by atoms with Gasteiger partial charge in [0.05, 0.1) is 4.92 Å². The number of nitro benzene ring substituents is 1. The number of carbonyl (C=O) groups excluding carboxylic acids is 1. The molecule has 108 valence electrons. The highest BCUT2D eigenvalue weighted by atomic mass is 16.6. The molecule has 0 radical (unpaired) electrons. The quantitative estimate of drug-likeness (QED) is 0.495. The Hall–Kier alpha value is -2.15. The van der Waals surface area contributed by atoms with E-state index in [-0.39, 0.29) is 16.9 Å². The first kappa shape index (κ1) is 14.3. The van der Waals surface area contributed by atoms with Crippen molar-refractivity contribution < 1.29 is 14.5 Å². The molecule has 1 aromatic rings. The standard InChI is InChI=1S/C13H17N3O4/c1-13(5-7-20-8-6-13)15-12(17)9-3-2-4-10(14)11(9)16(18)19/h2-4H,5-8,14H2,1H3,(H,15,17). The third-order valence-electron chi connectivity index (χ3n) is 3.51. The van der Waals surface area contributed by atoms with Crippen LogP contribution in [-0.2, 0) is 4.74 Å². The zero-order chi connectivity index (χ0) is 14.8. The van der Waals surface area contributed by atoms with Gasteiger partial charge in [0.2, 0.25) is 0 Å². The Bertz CT molecular complexity index is 538. The van der Waals surface area contributed by atoms with Gasteiger partial charge in [-0.2, -0.15) is 0 Å². The first-order valence-corrected chi connectivity index (χ1v) is 6.36. The molecule has 2 rings (SSSR count). The van der Waals surface area contributed by atoms with E-state index in [4.69, 9.17) is 10.5 Å². The van der Waals surface area contributed by atoms with Gasteiger partial charge in [-0.05, 0) is 31.9 Å². The van der Waals surface area contributed by atoms with Crippen LogP contribution in [0.4, 0.5) is 11.4 Å². The van der Waals surface area contributed by atoms with Crippen molar-refractivity contribution in [3.63, 3.8) is 0 Å². The van der Waals surface area contributed by atoms with Crippen LogP contribution >= 0.6 is 0 Å². The van der Waals surface area contributed by atoms with Crippen molar-refractivity contribution in [2.75, 3.05) is 18.9 Å². The fraction of sp³-hybridized carbons (Fsp3) is 0.462. The van der Waals surface area contributed by atoms with Crippen LogP contribution in [-0.4, -0.2) is 29.6 Å². The number of hydrogen-bond acceptors (Lipinski definition) is 5. The molecule has 7 heteroatoms. The molecule has 7 nitrogen and oxygen atoms in total. The lowest BCUT2D eigenvalue weighted by atomic mass is 9.92. The summed E-state index contributed by atoms with van der Waals surface area (Å²) in [7, 11) is 0. The number of carbonyl (C=O) groups is 1. The Morgan fingerprint density at radius 2 is 2.10 bits per heavy atom. The molecule has 0 spiro atoms. The van der Waals surface area contributed by atoms with Crippen LogP contribution in [0.25, 0.3) is 0 Å². The molecule has 3 N–H and O–H groups in total. The fourth-order valence-corrected chi connectivity index (χ4v) is 2.24. The number of hydrogen-bond donors (Lipinski definition) is 2. The van der Waals surface area contributed by atoms with Gasteiger partial charge < -0.3 is 15.8 Å². The van der Waals surface area contributed by atoms with Crippen LogP contribution in [0.3, 0.4) is 0 Å². The minimum absolute atomic E-state index is 0.0114. The molecule has 1 fully saturated rings. The molecule has 0 aromatic heterocycles. The Balaban J connectivity index is 2.25. The number of nitrogens with one attached hydrogen (secondary N) is 1. The number of nitrogens with zero attached hydrogens (tertiary/aromatic N) is 1. The van der Waals surface area contributed by atoms with Gasteiger partial charge >= 0.3 is 5.69 Å². The van der Waals surface area contributed by atoms with Gasteiger partial charge in [0.15, 0.2) is 0 Å². The molecule has 20 heavy (non-hydrogen) atoms. The predicted octanol–water partition coefficient (Wildman–Crippen LogP) is 1.48. The molecule has 1 aliphatic rings. The number of nitro groups is 1. The molecule has 0 saturated carbocycles. The molecular weight excluding hydrogens is 262 g/mol. The number of rotatable bonds is 3. The van der Waals surface area contributed by atoms with E-state index in [1.807, 2.05) is 6.92 Å². The highest BCUT2D eigenvalue weighted by Crippen LogP contribution is 2.27. The first-order valence-electron chi connectivity index (χ1n) is 6.36. The molecular formula is C13H17N3O4. The third kappa shape index (κ3) is 2.88. The SMILES string of the molecule is CC1(NC(=O)c2cccc(N)c2[N+](=O)[O-])CCOCC1. The second-order valence-electron chi connectivity index (χ2n) is 5.13. The van der Waals surface area contributed by atoms with Gasteiger partial charge in [-0.1, -0.05) is 6.07 Å². The number of benzene rings is 1. The summed E-state index contributed by atoms with van der Waals surface area (Å²) in [5, 5.41) is 13.9. The van der Waals surface area contributed by atoms with Gasteiger partial charge in [-0.25, -0.2) is 0 Å². The summed E-state index contributed by atoms with van der Waals surface area (Å²) < 4.78 is 5.25. The molecule has 1 heterocycles. The van der Waals surface area contributed by atoms with E-state index in [9.17, 15) is 14.9 Å². The highest BCUT2D eigenvalue weighted by Gasteiger charge is 2.32. The third-order valence-corrected chi connectivity index (χ3v) is 3.51. The lowest BCUT2D eigenvalue weighted by molar-refractivity contribution is -0.384. The minimum atomic E-state index is -0.628. The number of nitrogen functional groups attached to an aromatic ring is 1. The maximum absolute atomic E-state index is 12.3. The Labute approximate surface area is 116 Å². The van der Waals surface area contributed by atoms with E-state index in [2.05, 4.69) is 5.32 Å². The van der Waals surface area contributed by atoms with Crippen molar-refractivity contribution in [2.45, 2.75) is 25.3 Å². The number of amides is 1. The monoisotopic (exact) mass is 279 g/mol. The molecule has 1 aromatic carbocycles. The molecule has 0 atom stereocenters. The van der Waals surface area contributed by atoms with Crippen molar-refractivity contribution >= 4 is 17.3 Å². The van der Waals surface area contributed by atoms with Gasteiger partial charge in [0, 0.05) is 18.8 Å². The maximum Gasteiger partial charge on any atom is 0.304 e. The van der Waals surface area contributed by atoms with Gasteiger partial charge in [-0.15, -0.1) is 0 Å². The van der Waals surface area contributed by atoms with Gasteiger partial charge in [0.1, 0.15) is 11.3 Å². The van der Waals surface area contributed by atoms with Crippen molar-refractivity contribution in [3.05, 3.63) is 33.9 Å². The minimum Gasteiger partial charge on any atom is -0.393 e. The van der Waals surface area contributed by atoms with E-state index in [1.165, 1.54) is 18.2 Å². The first-order chi connectivity index (χ1) is 9.43. The summed E-state index contributed by atoms with van der Waals surface area (Å²) in [6.45, 7) is 3.04. The lowest BCUT2D eigenvalue weighted by Crippen LogP contribution is -2.49. The van der Waals surface area contributed by atoms with Crippen LogP contribution in [0, 0.1) is 10.1 Å². The Morgan fingerprint density at radius 3 is 2.70 bits per heavy atom. The van der Waals surface area contributed by atoms with E-state index in [1.54, 1.807) is 0 Å².